The van der Waals surface area contributed by atoms with Crippen molar-refractivity contribution in [3.63, 3.8) is 0 Å². The van der Waals surface area contributed by atoms with Gasteiger partial charge in [-0.05, 0) is 41.8 Å². The monoisotopic (exact) mass is 466 g/mol. The summed E-state index contributed by atoms with van der Waals surface area (Å²) in [7, 11) is -2.33. The minimum absolute atomic E-state index is 0.00984. The molecule has 3 aromatic rings. The third-order valence-electron chi connectivity index (χ3n) is 5.03. The zero-order valence-electron chi connectivity index (χ0n) is 18.0. The second-order valence-electron chi connectivity index (χ2n) is 7.20. The predicted molar refractivity (Wildman–Crippen MR) is 129 cm³/mol. The maximum Gasteiger partial charge on any atom is 0.284 e. The van der Waals surface area contributed by atoms with Crippen LogP contribution in [0.3, 0.4) is 0 Å². The Bertz CT molecular complexity index is 1350. The fourth-order valence-electron chi connectivity index (χ4n) is 3.19. The van der Waals surface area contributed by atoms with Gasteiger partial charge >= 0.3 is 0 Å². The van der Waals surface area contributed by atoms with E-state index in [0.717, 1.165) is 0 Å². The van der Waals surface area contributed by atoms with Gasteiger partial charge in [-0.1, -0.05) is 54.6 Å². The Morgan fingerprint density at radius 2 is 1.52 bits per heavy atom. The molecule has 0 aromatic heterocycles. The van der Waals surface area contributed by atoms with Gasteiger partial charge in [0.25, 0.3) is 5.91 Å². The number of anilines is 1. The van der Waals surface area contributed by atoms with Crippen molar-refractivity contribution in [2.75, 3.05) is 12.4 Å². The summed E-state index contributed by atoms with van der Waals surface area (Å²) in [5, 5.41) is 7.79. The fraction of sp³-hybridized carbons (Fsp3) is 0.0833. The van der Waals surface area contributed by atoms with E-state index in [1.165, 1.54) is 13.0 Å². The lowest BCUT2D eigenvalue weighted by molar-refractivity contribution is -0.114. The van der Waals surface area contributed by atoms with Gasteiger partial charge in [-0.2, -0.15) is 0 Å². The van der Waals surface area contributed by atoms with Crippen molar-refractivity contribution in [1.82, 2.24) is 0 Å². The molecule has 5 N–H and O–H groups in total. The minimum Gasteiger partial charge on any atom is -0.384 e. The lowest BCUT2D eigenvalue weighted by atomic mass is 10.0. The number of nitrogens with one attached hydrogen (secondary N) is 1. The largest absolute Gasteiger partial charge is 0.384 e. The van der Waals surface area contributed by atoms with Gasteiger partial charge in [0.1, 0.15) is 5.84 Å². The molecule has 0 spiro atoms. The molecular weight excluding hydrogens is 443 g/mol. The summed E-state index contributed by atoms with van der Waals surface area (Å²) in [5.41, 5.74) is 8.52. The molecule has 3 aromatic carbocycles. The standard InChI is InChI=1S/C24H23FN4O3S/c1-15(16-7-9-18(10-8-16)23(26)28-2)22(25)24(30)29-19-13-11-17(12-14-19)20-5-3-4-6-21(20)33(27,31)32/h3-14H,1-2H3,(H2,26,28)(H,29,30)(H2,27,31,32)/b22-15+. The molecule has 0 saturated heterocycles. The van der Waals surface area contributed by atoms with Gasteiger partial charge < -0.3 is 11.1 Å². The van der Waals surface area contributed by atoms with Crippen LogP contribution in [-0.2, 0) is 14.8 Å². The molecule has 0 fully saturated rings. The molecule has 0 aliphatic heterocycles. The van der Waals surface area contributed by atoms with Crippen LogP contribution in [0.4, 0.5) is 10.1 Å². The van der Waals surface area contributed by atoms with Crippen molar-refractivity contribution >= 4 is 33.0 Å². The smallest absolute Gasteiger partial charge is 0.284 e. The lowest BCUT2D eigenvalue weighted by Gasteiger charge is -2.10. The molecule has 9 heteroatoms. The van der Waals surface area contributed by atoms with Crippen LogP contribution in [0.5, 0.6) is 0 Å². The number of amidine groups is 1. The van der Waals surface area contributed by atoms with Crippen LogP contribution in [-0.4, -0.2) is 27.2 Å². The second kappa shape index (κ2) is 9.76. The summed E-state index contributed by atoms with van der Waals surface area (Å²) in [6, 6.07) is 19.4. The Hall–Kier alpha value is -3.82. The van der Waals surface area contributed by atoms with E-state index in [-0.39, 0.29) is 10.5 Å². The van der Waals surface area contributed by atoms with Crippen molar-refractivity contribution < 1.29 is 17.6 Å². The van der Waals surface area contributed by atoms with Gasteiger partial charge in [0.2, 0.25) is 10.0 Å². The van der Waals surface area contributed by atoms with Gasteiger partial charge in [-0.3, -0.25) is 9.79 Å². The van der Waals surface area contributed by atoms with E-state index in [1.807, 2.05) is 0 Å². The summed E-state index contributed by atoms with van der Waals surface area (Å²) in [4.78, 5) is 16.3. The van der Waals surface area contributed by atoms with Crippen molar-refractivity contribution in [2.24, 2.45) is 15.9 Å². The maximum atomic E-state index is 14.8. The molecule has 1 amide bonds. The Labute approximate surface area is 191 Å². The van der Waals surface area contributed by atoms with Crippen molar-refractivity contribution in [3.05, 3.63) is 89.8 Å². The van der Waals surface area contributed by atoms with Gasteiger partial charge in [-0.15, -0.1) is 0 Å². The number of allylic oxidation sites excluding steroid dienone is 1. The Morgan fingerprint density at radius 1 is 0.939 bits per heavy atom. The summed E-state index contributed by atoms with van der Waals surface area (Å²) in [5.74, 6) is -1.47. The van der Waals surface area contributed by atoms with E-state index in [1.54, 1.807) is 73.8 Å². The molecule has 3 rings (SSSR count). The average molecular weight is 467 g/mol. The number of hydrogen-bond donors (Lipinski definition) is 3. The first kappa shape index (κ1) is 23.8. The summed E-state index contributed by atoms with van der Waals surface area (Å²) in [6.45, 7) is 1.51. The van der Waals surface area contributed by atoms with Gasteiger partial charge in [0.05, 0.1) is 4.90 Å². The van der Waals surface area contributed by atoms with E-state index in [2.05, 4.69) is 10.3 Å². The second-order valence-corrected chi connectivity index (χ2v) is 8.73. The molecule has 0 heterocycles. The molecule has 7 nitrogen and oxygen atoms in total. The molecule has 0 unspecified atom stereocenters. The normalized spacial score (nSPS) is 12.8. The Balaban J connectivity index is 1.80. The van der Waals surface area contributed by atoms with Crippen LogP contribution in [0.25, 0.3) is 16.7 Å². The summed E-state index contributed by atoms with van der Waals surface area (Å²) >= 11 is 0. The predicted octanol–water partition coefficient (Wildman–Crippen LogP) is 3.68. The Kier molecular flexibility index (Phi) is 7.05. The number of nitrogens with two attached hydrogens (primary N) is 2. The van der Waals surface area contributed by atoms with Gasteiger partial charge in [-0.25, -0.2) is 17.9 Å². The number of aliphatic imine (C=N–C) groups is 1. The number of sulfonamides is 1. The van der Waals surface area contributed by atoms with Crippen LogP contribution < -0.4 is 16.2 Å². The highest BCUT2D eigenvalue weighted by molar-refractivity contribution is 7.89. The molecule has 0 aliphatic rings. The third-order valence-corrected chi connectivity index (χ3v) is 6.00. The lowest BCUT2D eigenvalue weighted by Crippen LogP contribution is -2.14. The highest BCUT2D eigenvalue weighted by Gasteiger charge is 2.16. The van der Waals surface area contributed by atoms with Crippen LogP contribution in [0, 0.1) is 0 Å². The van der Waals surface area contributed by atoms with Gasteiger partial charge in [0, 0.05) is 23.9 Å². The number of primary sulfonamides is 1. The van der Waals surface area contributed by atoms with Crippen molar-refractivity contribution in [2.45, 2.75) is 11.8 Å². The first-order valence-corrected chi connectivity index (χ1v) is 11.4. The van der Waals surface area contributed by atoms with E-state index in [0.29, 0.717) is 33.8 Å². The minimum atomic E-state index is -3.91. The number of benzene rings is 3. The molecule has 170 valence electrons. The van der Waals surface area contributed by atoms with E-state index in [9.17, 15) is 17.6 Å². The van der Waals surface area contributed by atoms with Crippen LogP contribution in [0.2, 0.25) is 0 Å². The molecule has 33 heavy (non-hydrogen) atoms. The average Bonchev–Trinajstić information content (AvgIpc) is 2.82. The topological polar surface area (TPSA) is 128 Å². The Morgan fingerprint density at radius 3 is 2.09 bits per heavy atom. The molecule has 0 saturated carbocycles. The number of carbonyl (C=O) groups is 1. The molecule has 0 radical (unpaired) electrons. The highest BCUT2D eigenvalue weighted by Crippen LogP contribution is 2.28. The molecule has 0 bridgehead atoms. The van der Waals surface area contributed by atoms with Crippen molar-refractivity contribution in [1.29, 1.82) is 0 Å². The van der Waals surface area contributed by atoms with Crippen LogP contribution >= 0.6 is 0 Å². The highest BCUT2D eigenvalue weighted by atomic mass is 32.2. The van der Waals surface area contributed by atoms with Crippen LogP contribution in [0.15, 0.2) is 88.5 Å². The zero-order chi connectivity index (χ0) is 24.2. The SMILES string of the molecule is CN=C(N)c1ccc(/C(C)=C(/F)C(=O)Nc2ccc(-c3ccccc3S(N)(=O)=O)cc2)cc1. The number of halogens is 1. The summed E-state index contributed by atoms with van der Waals surface area (Å²) < 4.78 is 38.4. The molecular formula is C24H23FN4O3S. The van der Waals surface area contributed by atoms with Gasteiger partial charge in [0.15, 0.2) is 5.83 Å². The van der Waals surface area contributed by atoms with Crippen LogP contribution in [0.1, 0.15) is 18.1 Å². The maximum absolute atomic E-state index is 14.8. The van der Waals surface area contributed by atoms with E-state index < -0.39 is 21.8 Å². The number of amides is 1. The third kappa shape index (κ3) is 5.51. The quantitative estimate of drug-likeness (QED) is 0.291. The number of rotatable bonds is 6. The zero-order valence-corrected chi connectivity index (χ0v) is 18.9. The fourth-order valence-corrected chi connectivity index (χ4v) is 3.95. The number of nitrogens with zero attached hydrogens (tertiary/aromatic N) is 1. The number of hydrogen-bond acceptors (Lipinski definition) is 4. The number of carbonyl (C=O) groups excluding carboxylic acids is 1. The van der Waals surface area contributed by atoms with E-state index in [4.69, 9.17) is 10.9 Å². The molecule has 0 atom stereocenters. The van der Waals surface area contributed by atoms with Crippen molar-refractivity contribution in [3.8, 4) is 11.1 Å². The summed E-state index contributed by atoms with van der Waals surface area (Å²) in [6.07, 6.45) is 0. The first-order valence-electron chi connectivity index (χ1n) is 9.85. The molecule has 0 aliphatic carbocycles. The van der Waals surface area contributed by atoms with E-state index >= 15 is 0 Å². The first-order chi connectivity index (χ1) is 15.6.